The van der Waals surface area contributed by atoms with E-state index in [0.29, 0.717) is 11.6 Å². The minimum absolute atomic E-state index is 0.477. The molecule has 0 saturated heterocycles. The zero-order valence-corrected chi connectivity index (χ0v) is 9.96. The Morgan fingerprint density at radius 2 is 1.89 bits per heavy atom. The van der Waals surface area contributed by atoms with Crippen LogP contribution in [0.25, 0.3) is 22.0 Å². The summed E-state index contributed by atoms with van der Waals surface area (Å²) in [6.07, 6.45) is 3.65. The third kappa shape index (κ3) is 1.78. The lowest BCUT2D eigenvalue weighted by Crippen LogP contribution is -1.97. The number of benzene rings is 1. The Kier molecular flexibility index (Phi) is 2.41. The molecule has 3 rings (SSSR count). The molecule has 0 atom stereocenters. The molecule has 0 aliphatic carbocycles. The van der Waals surface area contributed by atoms with Crippen LogP contribution in [-0.2, 0) is 0 Å². The first-order chi connectivity index (χ1) is 8.74. The molecule has 0 fully saturated rings. The van der Waals surface area contributed by atoms with Crippen LogP contribution in [0, 0.1) is 6.92 Å². The van der Waals surface area contributed by atoms with Crippen molar-refractivity contribution in [1.82, 2.24) is 15.0 Å². The van der Waals surface area contributed by atoms with Crippen LogP contribution in [0.15, 0.2) is 42.7 Å². The predicted molar refractivity (Wildman–Crippen MR) is 71.9 cm³/mol. The number of nitrogen functional groups attached to an aromatic ring is 1. The summed E-state index contributed by atoms with van der Waals surface area (Å²) in [5, 5.41) is 2.20. The highest BCUT2D eigenvalue weighted by Crippen LogP contribution is 2.26. The van der Waals surface area contributed by atoms with E-state index in [9.17, 15) is 0 Å². The zero-order valence-electron chi connectivity index (χ0n) is 9.96. The van der Waals surface area contributed by atoms with Gasteiger partial charge in [-0.3, -0.25) is 4.98 Å². The van der Waals surface area contributed by atoms with Crippen molar-refractivity contribution in [3.63, 3.8) is 0 Å². The second kappa shape index (κ2) is 4.07. The number of nitrogens with two attached hydrogens (primary N) is 1. The molecule has 4 nitrogen and oxygen atoms in total. The van der Waals surface area contributed by atoms with Gasteiger partial charge in [-0.05, 0) is 12.3 Å². The van der Waals surface area contributed by atoms with Crippen molar-refractivity contribution in [3.05, 3.63) is 48.5 Å². The molecule has 18 heavy (non-hydrogen) atoms. The van der Waals surface area contributed by atoms with Crippen molar-refractivity contribution in [3.8, 4) is 11.3 Å². The number of fused-ring (bicyclic) bond motifs is 1. The molecular weight excluding hydrogens is 224 g/mol. The molecule has 0 bridgehead atoms. The van der Waals surface area contributed by atoms with Gasteiger partial charge in [-0.15, -0.1) is 0 Å². The summed E-state index contributed by atoms with van der Waals surface area (Å²) in [5.41, 5.74) is 7.56. The maximum Gasteiger partial charge on any atom is 0.128 e. The Balaban J connectivity index is 2.31. The number of aryl methyl sites for hydroxylation is 1. The third-order valence-electron chi connectivity index (χ3n) is 2.80. The van der Waals surface area contributed by atoms with E-state index in [4.69, 9.17) is 5.73 Å². The molecule has 0 amide bonds. The second-order valence-electron chi connectivity index (χ2n) is 4.13. The van der Waals surface area contributed by atoms with Crippen molar-refractivity contribution in [1.29, 1.82) is 0 Å². The number of nitrogens with zero attached hydrogens (tertiary/aromatic N) is 3. The van der Waals surface area contributed by atoms with E-state index in [-0.39, 0.29) is 0 Å². The van der Waals surface area contributed by atoms with Crippen LogP contribution in [0.4, 0.5) is 5.82 Å². The van der Waals surface area contributed by atoms with Crippen LogP contribution >= 0.6 is 0 Å². The Labute approximate surface area is 105 Å². The summed E-state index contributed by atoms with van der Waals surface area (Å²) in [7, 11) is 0. The third-order valence-corrected chi connectivity index (χ3v) is 2.80. The summed E-state index contributed by atoms with van der Waals surface area (Å²) in [6, 6.07) is 9.86. The lowest BCUT2D eigenvalue weighted by atomic mass is 10.1. The molecule has 0 unspecified atom stereocenters. The van der Waals surface area contributed by atoms with Gasteiger partial charge in [-0.1, -0.05) is 24.3 Å². The molecule has 3 aromatic rings. The molecule has 1 aromatic carbocycles. The minimum Gasteiger partial charge on any atom is -0.384 e. The summed E-state index contributed by atoms with van der Waals surface area (Å²) < 4.78 is 0. The summed E-state index contributed by atoms with van der Waals surface area (Å²) in [5.74, 6) is 1.14. The number of aromatic nitrogens is 3. The molecule has 0 spiro atoms. The highest BCUT2D eigenvalue weighted by molar-refractivity contribution is 5.95. The van der Waals surface area contributed by atoms with Crippen molar-refractivity contribution >= 4 is 16.6 Å². The van der Waals surface area contributed by atoms with Crippen molar-refractivity contribution in [2.24, 2.45) is 0 Å². The summed E-state index contributed by atoms with van der Waals surface area (Å²) in [6.45, 7) is 1.83. The molecule has 0 saturated carbocycles. The van der Waals surface area contributed by atoms with Gasteiger partial charge < -0.3 is 5.73 Å². The number of pyridine rings is 1. The molecule has 4 heteroatoms. The van der Waals surface area contributed by atoms with Crippen LogP contribution in [0.2, 0.25) is 0 Å². The Morgan fingerprint density at radius 3 is 2.72 bits per heavy atom. The van der Waals surface area contributed by atoms with E-state index < -0.39 is 0 Å². The van der Waals surface area contributed by atoms with Crippen LogP contribution in [0.1, 0.15) is 5.82 Å². The van der Waals surface area contributed by atoms with E-state index in [1.807, 2.05) is 37.5 Å². The second-order valence-corrected chi connectivity index (χ2v) is 4.13. The monoisotopic (exact) mass is 236 g/mol. The van der Waals surface area contributed by atoms with Gasteiger partial charge in [0.1, 0.15) is 11.6 Å². The molecule has 88 valence electrons. The van der Waals surface area contributed by atoms with Crippen LogP contribution in [0.3, 0.4) is 0 Å². The fourth-order valence-electron chi connectivity index (χ4n) is 2.05. The van der Waals surface area contributed by atoms with E-state index >= 15 is 0 Å². The van der Waals surface area contributed by atoms with Gasteiger partial charge in [0.05, 0.1) is 5.69 Å². The summed E-state index contributed by atoms with van der Waals surface area (Å²) >= 11 is 0. The molecule has 0 radical (unpaired) electrons. The fraction of sp³-hybridized carbons (Fsp3) is 0.0714. The zero-order chi connectivity index (χ0) is 12.5. The number of anilines is 1. The van der Waals surface area contributed by atoms with Crippen molar-refractivity contribution in [2.45, 2.75) is 6.92 Å². The van der Waals surface area contributed by atoms with Crippen LogP contribution in [0.5, 0.6) is 0 Å². The van der Waals surface area contributed by atoms with E-state index in [2.05, 4.69) is 21.0 Å². The van der Waals surface area contributed by atoms with Gasteiger partial charge in [0, 0.05) is 29.4 Å². The first kappa shape index (κ1) is 10.7. The van der Waals surface area contributed by atoms with Gasteiger partial charge in [-0.2, -0.15) is 0 Å². The van der Waals surface area contributed by atoms with E-state index in [1.54, 1.807) is 6.07 Å². The van der Waals surface area contributed by atoms with Crippen LogP contribution < -0.4 is 5.73 Å². The quantitative estimate of drug-likeness (QED) is 0.705. The normalized spacial score (nSPS) is 10.7. The molecule has 0 aliphatic rings. The minimum atomic E-state index is 0.477. The SMILES string of the molecule is Cc1nc(N)cc(-c2cncc3ccccc23)n1. The van der Waals surface area contributed by atoms with Gasteiger partial charge in [0.25, 0.3) is 0 Å². The highest BCUT2D eigenvalue weighted by atomic mass is 14.9. The maximum atomic E-state index is 5.77. The maximum absolute atomic E-state index is 5.77. The lowest BCUT2D eigenvalue weighted by molar-refractivity contribution is 1.07. The van der Waals surface area contributed by atoms with E-state index in [1.165, 1.54) is 0 Å². The number of rotatable bonds is 1. The van der Waals surface area contributed by atoms with Crippen LogP contribution in [-0.4, -0.2) is 15.0 Å². The molecule has 2 aromatic heterocycles. The molecule has 2 N–H and O–H groups in total. The topological polar surface area (TPSA) is 64.7 Å². The van der Waals surface area contributed by atoms with Gasteiger partial charge in [0.2, 0.25) is 0 Å². The first-order valence-electron chi connectivity index (χ1n) is 5.68. The standard InChI is InChI=1S/C14H12N4/c1-9-17-13(6-14(15)18-9)12-8-16-7-10-4-2-3-5-11(10)12/h2-8H,1H3,(H2,15,17,18). The number of hydrogen-bond donors (Lipinski definition) is 1. The Hall–Kier alpha value is -2.49. The van der Waals surface area contributed by atoms with Crippen molar-refractivity contribution in [2.75, 3.05) is 5.73 Å². The lowest BCUT2D eigenvalue weighted by Gasteiger charge is -2.06. The average molecular weight is 236 g/mol. The fourth-order valence-corrected chi connectivity index (χ4v) is 2.05. The highest BCUT2D eigenvalue weighted by Gasteiger charge is 2.07. The predicted octanol–water partition coefficient (Wildman–Crippen LogP) is 2.58. The Morgan fingerprint density at radius 1 is 1.06 bits per heavy atom. The Bertz CT molecular complexity index is 696. The average Bonchev–Trinajstić information content (AvgIpc) is 2.37. The smallest absolute Gasteiger partial charge is 0.128 e. The van der Waals surface area contributed by atoms with Gasteiger partial charge in [-0.25, -0.2) is 9.97 Å². The summed E-state index contributed by atoms with van der Waals surface area (Å²) in [4.78, 5) is 12.8. The first-order valence-corrected chi connectivity index (χ1v) is 5.68. The number of hydrogen-bond acceptors (Lipinski definition) is 4. The van der Waals surface area contributed by atoms with Crippen molar-refractivity contribution < 1.29 is 0 Å². The van der Waals surface area contributed by atoms with E-state index in [0.717, 1.165) is 22.0 Å². The molecular formula is C14H12N4. The van der Waals surface area contributed by atoms with Gasteiger partial charge in [0.15, 0.2) is 0 Å². The molecule has 0 aliphatic heterocycles. The van der Waals surface area contributed by atoms with Gasteiger partial charge >= 0.3 is 0 Å². The molecule has 2 heterocycles. The largest absolute Gasteiger partial charge is 0.384 e.